The van der Waals surface area contributed by atoms with Gasteiger partial charge >= 0.3 is 0 Å². The largest absolute Gasteiger partial charge is 0.508 e. The summed E-state index contributed by atoms with van der Waals surface area (Å²) in [4.78, 5) is 13.3. The number of hydrogen-bond donors (Lipinski definition) is 10. The van der Waals surface area contributed by atoms with Gasteiger partial charge in [0.2, 0.25) is 29.8 Å². The van der Waals surface area contributed by atoms with Crippen molar-refractivity contribution in [2.75, 3.05) is 6.61 Å². The number of benzene rings is 2. The fourth-order valence-corrected chi connectivity index (χ4v) is 4.81. The van der Waals surface area contributed by atoms with Crippen molar-refractivity contribution in [1.82, 2.24) is 0 Å². The Labute approximate surface area is 241 Å². The lowest BCUT2D eigenvalue weighted by Gasteiger charge is -2.40. The molecule has 2 fully saturated rings. The number of hydrogen-bond acceptors (Lipinski definition) is 16. The van der Waals surface area contributed by atoms with Gasteiger partial charge in [0.1, 0.15) is 59.6 Å². The summed E-state index contributed by atoms with van der Waals surface area (Å²) in [5.74, 6) is -4.01. The maximum atomic E-state index is 13.3. The molecule has 10 atom stereocenters. The highest BCUT2D eigenvalue weighted by atomic mass is 16.7. The molecular weight excluding hydrogens is 580 g/mol. The summed E-state index contributed by atoms with van der Waals surface area (Å²) in [6.45, 7) is 0.545. The molecule has 3 aromatic rings. The molecule has 1 aromatic heterocycles. The lowest BCUT2D eigenvalue weighted by Crippen LogP contribution is -2.60. The summed E-state index contributed by atoms with van der Waals surface area (Å²) >= 11 is 0. The first-order valence-electron chi connectivity index (χ1n) is 13.0. The second-order valence-corrected chi connectivity index (χ2v) is 10.2. The third-order valence-corrected chi connectivity index (χ3v) is 7.31. The van der Waals surface area contributed by atoms with Gasteiger partial charge in [-0.2, -0.15) is 0 Å². The number of fused-ring (bicyclic) bond motifs is 1. The first-order chi connectivity index (χ1) is 20.3. The standard InChI is InChI=1S/C27H30O16/c1-8-15(31)18(34)20(36)26(39-8)43-25-22(38)24(42-27-21(37)19(35)16(32)13(7-28)41-27)17(33)14-11(30)6-12(40-23(14)25)9-2-4-10(29)5-3-9/h2-6,8,13,15-16,18-21,26-29,31-38H,7H2,1H3/t8-,13-,15-,16+,18+,19+,20+,21+,26-,27+/m1/s1. The molecule has 2 saturated heterocycles. The average Bonchev–Trinajstić information content (AvgIpc) is 2.98. The Kier molecular flexibility index (Phi) is 8.41. The van der Waals surface area contributed by atoms with Crippen LogP contribution in [0.4, 0.5) is 0 Å². The molecule has 16 nitrogen and oxygen atoms in total. The van der Waals surface area contributed by atoms with Crippen molar-refractivity contribution in [2.45, 2.75) is 68.3 Å². The summed E-state index contributed by atoms with van der Waals surface area (Å²) in [6, 6.07) is 6.40. The van der Waals surface area contributed by atoms with Gasteiger partial charge in [0.25, 0.3) is 0 Å². The number of rotatable bonds is 6. The van der Waals surface area contributed by atoms with E-state index >= 15 is 0 Å². The van der Waals surface area contributed by atoms with Gasteiger partial charge in [-0.1, -0.05) is 0 Å². The smallest absolute Gasteiger partial charge is 0.229 e. The van der Waals surface area contributed by atoms with Crippen LogP contribution in [0.1, 0.15) is 6.92 Å². The summed E-state index contributed by atoms with van der Waals surface area (Å²) in [7, 11) is 0. The maximum Gasteiger partial charge on any atom is 0.229 e. The fraction of sp³-hybridized carbons (Fsp3) is 0.444. The van der Waals surface area contributed by atoms with Gasteiger partial charge in [0, 0.05) is 11.6 Å². The Morgan fingerprint density at radius 1 is 0.744 bits per heavy atom. The quantitative estimate of drug-likeness (QED) is 0.144. The first-order valence-corrected chi connectivity index (χ1v) is 13.0. The van der Waals surface area contributed by atoms with Crippen LogP contribution in [-0.2, 0) is 9.47 Å². The van der Waals surface area contributed by atoms with Crippen LogP contribution in [0.15, 0.2) is 39.5 Å². The van der Waals surface area contributed by atoms with E-state index < -0.39 is 107 Å². The van der Waals surface area contributed by atoms with Gasteiger partial charge in [-0.05, 0) is 31.2 Å². The minimum Gasteiger partial charge on any atom is -0.508 e. The van der Waals surface area contributed by atoms with E-state index in [1.165, 1.54) is 31.2 Å². The van der Waals surface area contributed by atoms with Gasteiger partial charge in [0.15, 0.2) is 16.8 Å². The molecule has 2 aliphatic heterocycles. The van der Waals surface area contributed by atoms with Gasteiger partial charge in [-0.25, -0.2) is 0 Å². The van der Waals surface area contributed by atoms with Crippen LogP contribution >= 0.6 is 0 Å². The van der Waals surface area contributed by atoms with Crippen molar-refractivity contribution >= 4 is 11.0 Å². The number of aliphatic hydroxyl groups is 7. The number of ether oxygens (including phenoxy) is 4. The molecule has 16 heteroatoms. The minimum atomic E-state index is -1.98. The van der Waals surface area contributed by atoms with Crippen molar-refractivity contribution in [3.63, 3.8) is 0 Å². The third-order valence-electron chi connectivity index (χ3n) is 7.31. The Morgan fingerprint density at radius 2 is 1.33 bits per heavy atom. The third kappa shape index (κ3) is 5.44. The molecule has 0 radical (unpaired) electrons. The fourth-order valence-electron chi connectivity index (χ4n) is 4.81. The van der Waals surface area contributed by atoms with Gasteiger partial charge in [-0.3, -0.25) is 4.79 Å². The number of aliphatic hydroxyl groups excluding tert-OH is 7. The van der Waals surface area contributed by atoms with Crippen LogP contribution in [0.3, 0.4) is 0 Å². The van der Waals surface area contributed by atoms with E-state index in [0.29, 0.717) is 0 Å². The Morgan fingerprint density at radius 3 is 1.95 bits per heavy atom. The van der Waals surface area contributed by atoms with E-state index in [0.717, 1.165) is 6.07 Å². The predicted molar refractivity (Wildman–Crippen MR) is 140 cm³/mol. The Bertz CT molecular complexity index is 1520. The van der Waals surface area contributed by atoms with E-state index in [1.807, 2.05) is 0 Å². The molecular formula is C27H30O16. The van der Waals surface area contributed by atoms with Crippen molar-refractivity contribution < 1.29 is 74.4 Å². The molecule has 0 unspecified atom stereocenters. The van der Waals surface area contributed by atoms with Crippen LogP contribution in [0.5, 0.6) is 28.7 Å². The molecule has 3 heterocycles. The SMILES string of the molecule is C[C@H]1O[C@H](Oc2c(O)c(O[C@@H]3O[C@H](CO)[C@H](O)[C@H](O)[C@@H]3O)c(O)c3c(=O)cc(-c4ccc(O)cc4)oc23)[C@@H](O)[C@@H](O)[C@@H]1O. The normalized spacial score (nSPS) is 32.9. The van der Waals surface area contributed by atoms with Gasteiger partial charge in [-0.15, -0.1) is 0 Å². The van der Waals surface area contributed by atoms with Crippen molar-refractivity contribution in [3.05, 3.63) is 40.6 Å². The van der Waals surface area contributed by atoms with E-state index in [4.69, 9.17) is 23.4 Å². The molecule has 10 N–H and O–H groups in total. The first kappa shape index (κ1) is 30.7. The molecule has 0 aliphatic carbocycles. The second-order valence-electron chi connectivity index (χ2n) is 10.2. The zero-order valence-corrected chi connectivity index (χ0v) is 22.3. The summed E-state index contributed by atoms with van der Waals surface area (Å²) in [5, 5.41) is 102. The number of phenolic OH excluding ortho intramolecular Hbond substituents is 3. The van der Waals surface area contributed by atoms with Gasteiger partial charge in [0.05, 0.1) is 12.7 Å². The Hall–Kier alpha value is -3.71. The van der Waals surface area contributed by atoms with Crippen LogP contribution in [-0.4, -0.2) is 119 Å². The van der Waals surface area contributed by atoms with E-state index in [2.05, 4.69) is 0 Å². The molecule has 5 rings (SSSR count). The second kappa shape index (κ2) is 11.8. The highest BCUT2D eigenvalue weighted by Gasteiger charge is 2.47. The lowest BCUT2D eigenvalue weighted by molar-refractivity contribution is -0.278. The van der Waals surface area contributed by atoms with Crippen LogP contribution < -0.4 is 14.9 Å². The lowest BCUT2D eigenvalue weighted by atomic mass is 9.99. The van der Waals surface area contributed by atoms with Crippen molar-refractivity contribution in [3.8, 4) is 40.1 Å². The molecule has 234 valence electrons. The number of phenols is 3. The molecule has 2 aromatic carbocycles. The highest BCUT2D eigenvalue weighted by Crippen LogP contribution is 2.51. The zero-order chi connectivity index (χ0) is 31.3. The maximum absolute atomic E-state index is 13.3. The van der Waals surface area contributed by atoms with Gasteiger partial charge < -0.3 is 74.4 Å². The monoisotopic (exact) mass is 610 g/mol. The van der Waals surface area contributed by atoms with Crippen molar-refractivity contribution in [2.24, 2.45) is 0 Å². The van der Waals surface area contributed by atoms with Crippen molar-refractivity contribution in [1.29, 1.82) is 0 Å². The molecule has 2 aliphatic rings. The molecule has 0 spiro atoms. The number of aromatic hydroxyl groups is 3. The van der Waals surface area contributed by atoms with Crippen LogP contribution in [0.25, 0.3) is 22.3 Å². The Balaban J connectivity index is 1.67. The zero-order valence-electron chi connectivity index (χ0n) is 22.3. The van der Waals surface area contributed by atoms with E-state index in [-0.39, 0.29) is 17.1 Å². The van der Waals surface area contributed by atoms with Crippen LogP contribution in [0.2, 0.25) is 0 Å². The molecule has 0 saturated carbocycles. The molecule has 0 amide bonds. The summed E-state index contributed by atoms with van der Waals surface area (Å²) in [6.07, 6.45) is -17.0. The minimum absolute atomic E-state index is 0.0838. The van der Waals surface area contributed by atoms with E-state index in [1.54, 1.807) is 0 Å². The predicted octanol–water partition coefficient (Wildman–Crippen LogP) is -2.04. The van der Waals surface area contributed by atoms with Crippen LogP contribution in [0, 0.1) is 0 Å². The molecule has 0 bridgehead atoms. The highest BCUT2D eigenvalue weighted by molar-refractivity contribution is 5.95. The summed E-state index contributed by atoms with van der Waals surface area (Å²) in [5.41, 5.74) is -1.21. The summed E-state index contributed by atoms with van der Waals surface area (Å²) < 4.78 is 27.7. The molecule has 43 heavy (non-hydrogen) atoms. The topological polar surface area (TPSA) is 269 Å². The van der Waals surface area contributed by atoms with E-state index in [9.17, 15) is 55.9 Å². The average molecular weight is 611 g/mol.